The number of carboxylic acid groups (broad SMARTS) is 1. The van der Waals surface area contributed by atoms with Crippen molar-refractivity contribution in [2.75, 3.05) is 10.8 Å². The summed E-state index contributed by atoms with van der Waals surface area (Å²) in [6.07, 6.45) is 0. The van der Waals surface area contributed by atoms with E-state index in [1.165, 1.54) is 24.3 Å². The SMILES string of the molecule is O=C(O)CN(c1ccc2c(-c3noc(-c4ccccc4)n3)cccc2c1)S(=O)(=O)c1cc(Cl)cc(Cl)c1. The van der Waals surface area contributed by atoms with E-state index in [0.717, 1.165) is 15.3 Å². The van der Waals surface area contributed by atoms with Crippen LogP contribution in [0.2, 0.25) is 10.0 Å². The third-order valence-electron chi connectivity index (χ3n) is 5.54. The van der Waals surface area contributed by atoms with E-state index in [0.29, 0.717) is 22.7 Å². The Balaban J connectivity index is 1.58. The van der Waals surface area contributed by atoms with E-state index in [9.17, 15) is 18.3 Å². The fraction of sp³-hybridized carbons (Fsp3) is 0.0385. The minimum absolute atomic E-state index is 0.111. The Morgan fingerprint density at radius 3 is 2.35 bits per heavy atom. The molecular weight excluding hydrogens is 537 g/mol. The number of anilines is 1. The number of carboxylic acids is 1. The van der Waals surface area contributed by atoms with Crippen molar-refractivity contribution < 1.29 is 22.8 Å². The quantitative estimate of drug-likeness (QED) is 0.257. The van der Waals surface area contributed by atoms with Gasteiger partial charge in [0.05, 0.1) is 10.6 Å². The zero-order valence-corrected chi connectivity index (χ0v) is 21.2. The predicted octanol–water partition coefficient (Wildman–Crippen LogP) is 6.14. The van der Waals surface area contributed by atoms with Gasteiger partial charge in [0.2, 0.25) is 5.82 Å². The second-order valence-electron chi connectivity index (χ2n) is 8.01. The lowest BCUT2D eigenvalue weighted by Crippen LogP contribution is -2.35. The summed E-state index contributed by atoms with van der Waals surface area (Å²) >= 11 is 12.0. The summed E-state index contributed by atoms with van der Waals surface area (Å²) in [5.74, 6) is -0.602. The Morgan fingerprint density at radius 1 is 0.919 bits per heavy atom. The van der Waals surface area contributed by atoms with Gasteiger partial charge in [-0.15, -0.1) is 0 Å². The number of rotatable bonds is 7. The molecular formula is C26H17Cl2N3O5S. The average Bonchev–Trinajstić information content (AvgIpc) is 3.36. The lowest BCUT2D eigenvalue weighted by molar-refractivity contribution is -0.135. The first-order valence-corrected chi connectivity index (χ1v) is 13.0. The van der Waals surface area contributed by atoms with Crippen molar-refractivity contribution in [2.24, 2.45) is 0 Å². The van der Waals surface area contributed by atoms with Gasteiger partial charge in [-0.1, -0.05) is 70.8 Å². The molecule has 0 aliphatic rings. The molecule has 0 aliphatic carbocycles. The van der Waals surface area contributed by atoms with E-state index >= 15 is 0 Å². The average molecular weight is 554 g/mol. The van der Waals surface area contributed by atoms with Crippen molar-refractivity contribution in [2.45, 2.75) is 4.90 Å². The molecule has 0 bridgehead atoms. The molecule has 11 heteroatoms. The fourth-order valence-electron chi connectivity index (χ4n) is 3.89. The van der Waals surface area contributed by atoms with Crippen molar-refractivity contribution >= 4 is 55.7 Å². The molecule has 0 saturated carbocycles. The number of sulfonamides is 1. The molecule has 5 rings (SSSR count). The zero-order chi connectivity index (χ0) is 26.2. The largest absolute Gasteiger partial charge is 0.480 e. The Labute approximate surface area is 221 Å². The van der Waals surface area contributed by atoms with Crippen LogP contribution in [0.4, 0.5) is 5.69 Å². The van der Waals surface area contributed by atoms with Gasteiger partial charge in [-0.3, -0.25) is 9.10 Å². The maximum Gasteiger partial charge on any atom is 0.324 e. The summed E-state index contributed by atoms with van der Waals surface area (Å²) in [5.41, 5.74) is 1.60. The maximum absolute atomic E-state index is 13.4. The van der Waals surface area contributed by atoms with Gasteiger partial charge in [0, 0.05) is 21.2 Å². The van der Waals surface area contributed by atoms with E-state index in [1.54, 1.807) is 24.3 Å². The van der Waals surface area contributed by atoms with Gasteiger partial charge in [-0.2, -0.15) is 4.98 Å². The van der Waals surface area contributed by atoms with Crippen LogP contribution in [0, 0.1) is 0 Å². The van der Waals surface area contributed by atoms with Crippen LogP contribution in [0.5, 0.6) is 0 Å². The third kappa shape index (κ3) is 5.01. The van der Waals surface area contributed by atoms with Crippen LogP contribution >= 0.6 is 23.2 Å². The number of halogens is 2. The third-order valence-corrected chi connectivity index (χ3v) is 7.73. The number of nitrogens with zero attached hydrogens (tertiary/aromatic N) is 3. The van der Waals surface area contributed by atoms with Gasteiger partial charge in [-0.05, 0) is 53.2 Å². The van der Waals surface area contributed by atoms with E-state index in [1.807, 2.05) is 36.4 Å². The van der Waals surface area contributed by atoms with Crippen LogP contribution in [-0.4, -0.2) is 36.2 Å². The molecule has 186 valence electrons. The van der Waals surface area contributed by atoms with Gasteiger partial charge in [-0.25, -0.2) is 8.42 Å². The molecule has 4 aromatic carbocycles. The smallest absolute Gasteiger partial charge is 0.324 e. The first-order chi connectivity index (χ1) is 17.7. The lowest BCUT2D eigenvalue weighted by atomic mass is 10.0. The molecule has 0 saturated heterocycles. The lowest BCUT2D eigenvalue weighted by Gasteiger charge is -2.23. The molecule has 0 radical (unpaired) electrons. The van der Waals surface area contributed by atoms with E-state index in [-0.39, 0.29) is 20.6 Å². The van der Waals surface area contributed by atoms with Crippen LogP contribution in [0.25, 0.3) is 33.6 Å². The predicted molar refractivity (Wildman–Crippen MR) is 141 cm³/mol. The normalized spacial score (nSPS) is 11.5. The van der Waals surface area contributed by atoms with Crippen molar-refractivity contribution in [3.8, 4) is 22.8 Å². The Hall–Kier alpha value is -3.92. The van der Waals surface area contributed by atoms with Crippen LogP contribution in [-0.2, 0) is 14.8 Å². The molecule has 5 aromatic rings. The highest BCUT2D eigenvalue weighted by atomic mass is 35.5. The zero-order valence-electron chi connectivity index (χ0n) is 18.9. The Morgan fingerprint density at radius 2 is 1.65 bits per heavy atom. The van der Waals surface area contributed by atoms with Crippen LogP contribution in [0.1, 0.15) is 0 Å². The number of carbonyl (C=O) groups is 1. The van der Waals surface area contributed by atoms with E-state index < -0.39 is 22.5 Å². The summed E-state index contributed by atoms with van der Waals surface area (Å²) in [6, 6.07) is 23.3. The van der Waals surface area contributed by atoms with Gasteiger partial charge in [0.1, 0.15) is 6.54 Å². The van der Waals surface area contributed by atoms with Crippen LogP contribution in [0.15, 0.2) is 94.3 Å². The molecule has 1 aromatic heterocycles. The summed E-state index contributed by atoms with van der Waals surface area (Å²) in [4.78, 5) is 15.9. The summed E-state index contributed by atoms with van der Waals surface area (Å²) < 4.78 is 33.1. The van der Waals surface area contributed by atoms with Crippen molar-refractivity contribution in [3.63, 3.8) is 0 Å². The van der Waals surface area contributed by atoms with E-state index in [4.69, 9.17) is 27.7 Å². The maximum atomic E-state index is 13.4. The molecule has 0 spiro atoms. The molecule has 8 nitrogen and oxygen atoms in total. The molecule has 1 heterocycles. The van der Waals surface area contributed by atoms with Gasteiger partial charge >= 0.3 is 5.97 Å². The van der Waals surface area contributed by atoms with Crippen molar-refractivity contribution in [1.29, 1.82) is 0 Å². The van der Waals surface area contributed by atoms with Crippen LogP contribution < -0.4 is 4.31 Å². The highest BCUT2D eigenvalue weighted by Gasteiger charge is 2.28. The highest BCUT2D eigenvalue weighted by Crippen LogP contribution is 2.33. The van der Waals surface area contributed by atoms with Gasteiger partial charge in [0.15, 0.2) is 0 Å². The fourth-order valence-corrected chi connectivity index (χ4v) is 6.03. The molecule has 0 atom stereocenters. The molecule has 0 amide bonds. The van der Waals surface area contributed by atoms with Crippen LogP contribution in [0.3, 0.4) is 0 Å². The number of hydrogen-bond acceptors (Lipinski definition) is 6. The van der Waals surface area contributed by atoms with Crippen molar-refractivity contribution in [1.82, 2.24) is 10.1 Å². The number of hydrogen-bond donors (Lipinski definition) is 1. The molecule has 0 aliphatic heterocycles. The summed E-state index contributed by atoms with van der Waals surface area (Å²) in [7, 11) is -4.31. The second-order valence-corrected chi connectivity index (χ2v) is 10.7. The minimum atomic E-state index is -4.31. The Kier molecular flexibility index (Phi) is 6.59. The summed E-state index contributed by atoms with van der Waals surface area (Å²) in [6.45, 7) is -0.803. The Bertz CT molecular complexity index is 1720. The second kappa shape index (κ2) is 9.85. The molecule has 1 N–H and O–H groups in total. The van der Waals surface area contributed by atoms with Gasteiger partial charge < -0.3 is 9.63 Å². The molecule has 0 fully saturated rings. The van der Waals surface area contributed by atoms with E-state index in [2.05, 4.69) is 10.1 Å². The summed E-state index contributed by atoms with van der Waals surface area (Å²) in [5, 5.41) is 15.2. The van der Waals surface area contributed by atoms with Gasteiger partial charge in [0.25, 0.3) is 15.9 Å². The monoisotopic (exact) mass is 553 g/mol. The standard InChI is InChI=1S/C26H17Cl2N3O5S/c27-18-12-19(28)14-21(13-18)37(34,35)31(15-24(32)33)20-9-10-22-17(11-20)7-4-8-23(22)25-29-26(36-30-25)16-5-2-1-3-6-16/h1-14H,15H2,(H,32,33). The van der Waals surface area contributed by atoms with Crippen molar-refractivity contribution in [3.05, 3.63) is 95.0 Å². The molecule has 0 unspecified atom stereocenters. The number of aromatic nitrogens is 2. The molecule has 37 heavy (non-hydrogen) atoms. The number of fused-ring (bicyclic) bond motifs is 1. The highest BCUT2D eigenvalue weighted by molar-refractivity contribution is 7.92. The first kappa shape index (κ1) is 24.8. The first-order valence-electron chi connectivity index (χ1n) is 10.9. The number of benzene rings is 4. The number of aliphatic carboxylic acids is 1. The topological polar surface area (TPSA) is 114 Å². The minimum Gasteiger partial charge on any atom is -0.480 e.